The van der Waals surface area contributed by atoms with Crippen LogP contribution in [0.1, 0.15) is 11.9 Å². The number of aromatic nitrogens is 2. The van der Waals surface area contributed by atoms with Crippen molar-refractivity contribution in [2.24, 2.45) is 0 Å². The van der Waals surface area contributed by atoms with Gasteiger partial charge in [0.15, 0.2) is 0 Å². The molecule has 0 saturated carbocycles. The lowest BCUT2D eigenvalue weighted by molar-refractivity contribution is -0.117. The standard InChI is InChI=1S/C12H12ClFN4OS.ClH/c1-2-11-17-18(12(15)20-11)6-10(19)16-9-4-3-7(13)5-8(9)14;/h3-5,15H,2,6H2,1H3,(H,16,19);1H. The number of hydrogen-bond acceptors (Lipinski definition) is 4. The van der Waals surface area contributed by atoms with Crippen LogP contribution in [0.4, 0.5) is 10.1 Å². The maximum Gasteiger partial charge on any atom is 0.246 e. The van der Waals surface area contributed by atoms with Crippen molar-refractivity contribution >= 4 is 46.9 Å². The lowest BCUT2D eigenvalue weighted by Crippen LogP contribution is -2.25. The first kappa shape index (κ1) is 17.6. The summed E-state index contributed by atoms with van der Waals surface area (Å²) in [6, 6.07) is 4.00. The van der Waals surface area contributed by atoms with E-state index in [1.807, 2.05) is 6.92 Å². The SMILES string of the molecule is CCc1nn(CC(=O)Nc2ccc(Cl)cc2F)c(=N)s1.Cl. The summed E-state index contributed by atoms with van der Waals surface area (Å²) in [5, 5.41) is 15.3. The third-order valence-corrected chi connectivity index (χ3v) is 3.73. The number of hydrogen-bond donors (Lipinski definition) is 2. The molecule has 2 N–H and O–H groups in total. The molecule has 2 aromatic rings. The summed E-state index contributed by atoms with van der Waals surface area (Å²) in [4.78, 5) is 12.0. The van der Waals surface area contributed by atoms with Gasteiger partial charge in [-0.2, -0.15) is 5.10 Å². The van der Waals surface area contributed by atoms with E-state index in [0.29, 0.717) is 6.42 Å². The summed E-state index contributed by atoms with van der Waals surface area (Å²) in [7, 11) is 0. The Balaban J connectivity index is 0.00000220. The van der Waals surface area contributed by atoms with Crippen LogP contribution in [-0.2, 0) is 17.8 Å². The van der Waals surface area contributed by atoms with Gasteiger partial charge in [-0.05, 0) is 24.6 Å². The smallest absolute Gasteiger partial charge is 0.246 e. The van der Waals surface area contributed by atoms with E-state index in [-0.39, 0.29) is 34.5 Å². The zero-order valence-electron chi connectivity index (χ0n) is 11.0. The molecule has 5 nitrogen and oxygen atoms in total. The van der Waals surface area contributed by atoms with Gasteiger partial charge in [-0.25, -0.2) is 9.07 Å². The Labute approximate surface area is 135 Å². The normalized spacial score (nSPS) is 10.0. The molecule has 0 aliphatic carbocycles. The Morgan fingerprint density at radius 1 is 1.57 bits per heavy atom. The molecule has 1 aromatic heterocycles. The van der Waals surface area contributed by atoms with Gasteiger partial charge >= 0.3 is 0 Å². The van der Waals surface area contributed by atoms with E-state index in [2.05, 4.69) is 10.4 Å². The molecule has 0 unspecified atom stereocenters. The van der Waals surface area contributed by atoms with E-state index in [1.54, 1.807) is 0 Å². The molecule has 0 saturated heterocycles. The Hall–Kier alpha value is -1.44. The van der Waals surface area contributed by atoms with Crippen molar-refractivity contribution in [1.82, 2.24) is 9.78 Å². The molecule has 0 radical (unpaired) electrons. The summed E-state index contributed by atoms with van der Waals surface area (Å²) >= 11 is 6.85. The molecule has 9 heteroatoms. The molecule has 1 amide bonds. The topological polar surface area (TPSA) is 70.8 Å². The first-order valence-corrected chi connectivity index (χ1v) is 7.05. The van der Waals surface area contributed by atoms with Crippen LogP contribution < -0.4 is 10.1 Å². The number of carbonyl (C=O) groups is 1. The Kier molecular flexibility index (Phi) is 6.32. The van der Waals surface area contributed by atoms with Gasteiger partial charge in [-0.15, -0.1) is 12.4 Å². The lowest BCUT2D eigenvalue weighted by Gasteiger charge is -2.06. The Bertz CT molecular complexity index is 701. The molecular formula is C12H13Cl2FN4OS. The fourth-order valence-electron chi connectivity index (χ4n) is 1.53. The predicted molar refractivity (Wildman–Crippen MR) is 82.6 cm³/mol. The van der Waals surface area contributed by atoms with Gasteiger partial charge in [-0.3, -0.25) is 10.2 Å². The summed E-state index contributed by atoms with van der Waals surface area (Å²) in [5.41, 5.74) is 0.0532. The monoisotopic (exact) mass is 350 g/mol. The minimum absolute atomic E-state index is 0. The lowest BCUT2D eigenvalue weighted by atomic mass is 10.3. The van der Waals surface area contributed by atoms with E-state index in [4.69, 9.17) is 17.0 Å². The third-order valence-electron chi connectivity index (χ3n) is 2.48. The maximum atomic E-state index is 13.5. The molecule has 2 rings (SSSR count). The van der Waals surface area contributed by atoms with Gasteiger partial charge in [0.1, 0.15) is 17.4 Å². The molecule has 0 aliphatic heterocycles. The van der Waals surface area contributed by atoms with Crippen molar-refractivity contribution in [3.63, 3.8) is 0 Å². The largest absolute Gasteiger partial charge is 0.322 e. The highest BCUT2D eigenvalue weighted by atomic mass is 35.5. The summed E-state index contributed by atoms with van der Waals surface area (Å²) in [5.74, 6) is -1.05. The van der Waals surface area contributed by atoms with E-state index < -0.39 is 11.7 Å². The highest BCUT2D eigenvalue weighted by molar-refractivity contribution is 7.08. The number of nitrogens with one attached hydrogen (secondary N) is 2. The molecule has 0 atom stereocenters. The number of carbonyl (C=O) groups excluding carboxylic acids is 1. The number of anilines is 1. The van der Waals surface area contributed by atoms with Crippen molar-refractivity contribution < 1.29 is 9.18 Å². The molecule has 0 bridgehead atoms. The number of nitrogens with zero attached hydrogens (tertiary/aromatic N) is 2. The van der Waals surface area contributed by atoms with Gasteiger partial charge in [0.25, 0.3) is 0 Å². The van der Waals surface area contributed by atoms with Crippen LogP contribution in [0, 0.1) is 11.2 Å². The fourth-order valence-corrected chi connectivity index (χ4v) is 2.41. The fraction of sp³-hybridized carbons (Fsp3) is 0.250. The van der Waals surface area contributed by atoms with E-state index in [9.17, 15) is 9.18 Å². The minimum atomic E-state index is -0.602. The molecule has 0 aliphatic rings. The second kappa shape index (κ2) is 7.53. The Morgan fingerprint density at radius 2 is 2.29 bits per heavy atom. The first-order valence-electron chi connectivity index (χ1n) is 5.86. The van der Waals surface area contributed by atoms with Crippen molar-refractivity contribution in [2.75, 3.05) is 5.32 Å². The van der Waals surface area contributed by atoms with E-state index in [1.165, 1.54) is 28.2 Å². The van der Waals surface area contributed by atoms with Gasteiger partial charge in [0.2, 0.25) is 10.7 Å². The molecule has 1 aromatic carbocycles. The van der Waals surface area contributed by atoms with Gasteiger partial charge in [0, 0.05) is 5.02 Å². The second-order valence-corrected chi connectivity index (χ2v) is 5.48. The molecule has 114 valence electrons. The number of aryl methyl sites for hydroxylation is 1. The Morgan fingerprint density at radius 3 is 2.86 bits per heavy atom. The van der Waals surface area contributed by atoms with Crippen LogP contribution >= 0.6 is 35.3 Å². The first-order chi connectivity index (χ1) is 9.49. The molecule has 0 fully saturated rings. The van der Waals surface area contributed by atoms with Crippen molar-refractivity contribution in [2.45, 2.75) is 19.9 Å². The van der Waals surface area contributed by atoms with Crippen LogP contribution in [0.3, 0.4) is 0 Å². The van der Waals surface area contributed by atoms with Gasteiger partial charge < -0.3 is 5.32 Å². The average Bonchev–Trinajstić information content (AvgIpc) is 2.74. The highest BCUT2D eigenvalue weighted by Crippen LogP contribution is 2.18. The van der Waals surface area contributed by atoms with Crippen LogP contribution in [0.25, 0.3) is 0 Å². The van der Waals surface area contributed by atoms with Crippen LogP contribution in [0.2, 0.25) is 5.02 Å². The van der Waals surface area contributed by atoms with Crippen molar-refractivity contribution in [3.8, 4) is 0 Å². The number of benzene rings is 1. The van der Waals surface area contributed by atoms with Crippen LogP contribution in [0.15, 0.2) is 18.2 Å². The maximum absolute atomic E-state index is 13.5. The van der Waals surface area contributed by atoms with E-state index >= 15 is 0 Å². The quantitative estimate of drug-likeness (QED) is 0.889. The zero-order valence-corrected chi connectivity index (χ0v) is 13.4. The van der Waals surface area contributed by atoms with Crippen LogP contribution in [-0.4, -0.2) is 15.7 Å². The average molecular weight is 351 g/mol. The third kappa shape index (κ3) is 4.52. The van der Waals surface area contributed by atoms with Crippen molar-refractivity contribution in [3.05, 3.63) is 38.8 Å². The molecular weight excluding hydrogens is 338 g/mol. The van der Waals surface area contributed by atoms with Crippen LogP contribution in [0.5, 0.6) is 0 Å². The summed E-state index contributed by atoms with van der Waals surface area (Å²) in [6.07, 6.45) is 0.705. The summed E-state index contributed by atoms with van der Waals surface area (Å²) < 4.78 is 14.8. The number of halogens is 3. The molecule has 1 heterocycles. The number of rotatable bonds is 4. The number of amides is 1. The highest BCUT2D eigenvalue weighted by Gasteiger charge is 2.10. The van der Waals surface area contributed by atoms with Gasteiger partial charge in [-0.1, -0.05) is 29.9 Å². The molecule has 0 spiro atoms. The summed E-state index contributed by atoms with van der Waals surface area (Å²) in [6.45, 7) is 1.79. The second-order valence-electron chi connectivity index (χ2n) is 3.98. The van der Waals surface area contributed by atoms with Crippen molar-refractivity contribution in [1.29, 1.82) is 5.41 Å². The minimum Gasteiger partial charge on any atom is -0.322 e. The van der Waals surface area contributed by atoms with E-state index in [0.717, 1.165) is 11.1 Å². The van der Waals surface area contributed by atoms with Gasteiger partial charge in [0.05, 0.1) is 5.69 Å². The molecule has 21 heavy (non-hydrogen) atoms. The zero-order chi connectivity index (χ0) is 14.7. The predicted octanol–water partition coefficient (Wildman–Crippen LogP) is 2.84.